The normalized spacial score (nSPS) is 25.6. The standard InChI is InChI=1S/C11H14BrNO2S/c1-7-5-15-6-8(13-7)4-9(14)10-2-3-11(12)16-10/h2-3,7-8,13H,4-6H2,1H3. The van der Waals surface area contributed by atoms with E-state index in [-0.39, 0.29) is 11.8 Å². The predicted octanol–water partition coefficient (Wildman–Crippen LogP) is 2.46. The number of hydrogen-bond acceptors (Lipinski definition) is 4. The van der Waals surface area contributed by atoms with Crippen LogP contribution in [0, 0.1) is 0 Å². The average Bonchev–Trinajstić information content (AvgIpc) is 2.65. The number of carbonyl (C=O) groups excluding carboxylic acids is 1. The minimum absolute atomic E-state index is 0.150. The van der Waals surface area contributed by atoms with Gasteiger partial charge in [0.25, 0.3) is 0 Å². The number of morpholine rings is 1. The summed E-state index contributed by atoms with van der Waals surface area (Å²) in [5, 5.41) is 3.37. The Labute approximate surface area is 107 Å². The summed E-state index contributed by atoms with van der Waals surface area (Å²) < 4.78 is 6.41. The lowest BCUT2D eigenvalue weighted by molar-refractivity contribution is 0.0464. The first kappa shape index (κ1) is 12.2. The number of hydrogen-bond donors (Lipinski definition) is 1. The van der Waals surface area contributed by atoms with Crippen LogP contribution in [0.1, 0.15) is 23.0 Å². The molecule has 1 aliphatic rings. The second kappa shape index (κ2) is 5.40. The third-order valence-corrected chi connectivity index (χ3v) is 4.15. The van der Waals surface area contributed by atoms with E-state index < -0.39 is 0 Å². The zero-order valence-corrected chi connectivity index (χ0v) is 11.4. The van der Waals surface area contributed by atoms with Gasteiger partial charge in [-0.25, -0.2) is 0 Å². The molecule has 0 saturated carbocycles. The summed E-state index contributed by atoms with van der Waals surface area (Å²) in [4.78, 5) is 12.7. The molecule has 3 nitrogen and oxygen atoms in total. The van der Waals surface area contributed by atoms with Gasteiger partial charge in [0.05, 0.1) is 21.9 Å². The SMILES string of the molecule is CC1COCC(CC(=O)c2ccc(Br)s2)N1. The first-order valence-electron chi connectivity index (χ1n) is 5.27. The summed E-state index contributed by atoms with van der Waals surface area (Å²) in [6.45, 7) is 3.43. The van der Waals surface area contributed by atoms with Crippen molar-refractivity contribution in [2.24, 2.45) is 0 Å². The molecule has 2 unspecified atom stereocenters. The highest BCUT2D eigenvalue weighted by Gasteiger charge is 2.22. The van der Waals surface area contributed by atoms with Gasteiger partial charge in [-0.05, 0) is 35.0 Å². The molecule has 1 N–H and O–H groups in total. The highest BCUT2D eigenvalue weighted by atomic mass is 79.9. The van der Waals surface area contributed by atoms with Crippen LogP contribution in [-0.2, 0) is 4.74 Å². The van der Waals surface area contributed by atoms with Gasteiger partial charge in [-0.1, -0.05) is 0 Å². The molecular weight excluding hydrogens is 290 g/mol. The Morgan fingerprint density at radius 2 is 2.44 bits per heavy atom. The summed E-state index contributed by atoms with van der Waals surface area (Å²) in [6, 6.07) is 4.26. The molecule has 1 aromatic heterocycles. The topological polar surface area (TPSA) is 38.3 Å². The van der Waals surface area contributed by atoms with Gasteiger partial charge in [0.2, 0.25) is 0 Å². The lowest BCUT2D eigenvalue weighted by Crippen LogP contribution is -2.48. The van der Waals surface area contributed by atoms with Crippen LogP contribution in [0.15, 0.2) is 15.9 Å². The first-order chi connectivity index (χ1) is 7.65. The molecule has 0 aromatic carbocycles. The maximum absolute atomic E-state index is 11.9. The molecule has 0 aliphatic carbocycles. The first-order valence-corrected chi connectivity index (χ1v) is 6.88. The molecule has 2 rings (SSSR count). The van der Waals surface area contributed by atoms with Crippen LogP contribution in [0.25, 0.3) is 0 Å². The smallest absolute Gasteiger partial charge is 0.174 e. The van der Waals surface area contributed by atoms with Crippen LogP contribution in [0.3, 0.4) is 0 Å². The van der Waals surface area contributed by atoms with Crippen molar-refractivity contribution in [3.05, 3.63) is 20.8 Å². The number of nitrogens with one attached hydrogen (secondary N) is 1. The molecule has 5 heteroatoms. The third-order valence-electron chi connectivity index (χ3n) is 2.49. The zero-order valence-electron chi connectivity index (χ0n) is 9.03. The van der Waals surface area contributed by atoms with Gasteiger partial charge < -0.3 is 10.1 Å². The number of Topliss-reactive ketones (excluding diaryl/α,β-unsaturated/α-hetero) is 1. The molecule has 1 aliphatic heterocycles. The molecular formula is C11H14BrNO2S. The summed E-state index contributed by atoms with van der Waals surface area (Å²) in [7, 11) is 0. The van der Waals surface area contributed by atoms with E-state index in [4.69, 9.17) is 4.74 Å². The number of thiophene rings is 1. The molecule has 0 spiro atoms. The Bertz CT molecular complexity index is 380. The van der Waals surface area contributed by atoms with Crippen molar-refractivity contribution in [2.75, 3.05) is 13.2 Å². The molecule has 88 valence electrons. The fourth-order valence-electron chi connectivity index (χ4n) is 1.79. The van der Waals surface area contributed by atoms with Gasteiger partial charge in [-0.2, -0.15) is 0 Å². The van der Waals surface area contributed by atoms with Crippen LogP contribution in [-0.4, -0.2) is 31.1 Å². The molecule has 1 aromatic rings. The molecule has 0 radical (unpaired) electrons. The fourth-order valence-corrected chi connectivity index (χ4v) is 3.13. The van der Waals surface area contributed by atoms with Gasteiger partial charge in [-0.3, -0.25) is 4.79 Å². The maximum Gasteiger partial charge on any atom is 0.174 e. The van der Waals surface area contributed by atoms with Gasteiger partial charge in [0.1, 0.15) is 0 Å². The van der Waals surface area contributed by atoms with Crippen LogP contribution in [0.4, 0.5) is 0 Å². The monoisotopic (exact) mass is 303 g/mol. The van der Waals surface area contributed by atoms with Crippen molar-refractivity contribution in [3.8, 4) is 0 Å². The van der Waals surface area contributed by atoms with Gasteiger partial charge >= 0.3 is 0 Å². The quantitative estimate of drug-likeness (QED) is 0.872. The van der Waals surface area contributed by atoms with E-state index in [9.17, 15) is 4.79 Å². The summed E-state index contributed by atoms with van der Waals surface area (Å²) >= 11 is 4.84. The van der Waals surface area contributed by atoms with Crippen LogP contribution < -0.4 is 5.32 Å². The van der Waals surface area contributed by atoms with Gasteiger partial charge in [0, 0.05) is 18.5 Å². The van der Waals surface area contributed by atoms with E-state index in [1.165, 1.54) is 11.3 Å². The number of halogens is 1. The molecule has 2 atom stereocenters. The number of rotatable bonds is 3. The number of carbonyl (C=O) groups is 1. The molecule has 2 heterocycles. The molecule has 1 fully saturated rings. The Kier molecular flexibility index (Phi) is 4.13. The van der Waals surface area contributed by atoms with E-state index in [1.807, 2.05) is 12.1 Å². The van der Waals surface area contributed by atoms with Crippen molar-refractivity contribution >= 4 is 33.0 Å². The summed E-state index contributed by atoms with van der Waals surface area (Å²) in [5.41, 5.74) is 0. The van der Waals surface area contributed by atoms with Crippen LogP contribution in [0.5, 0.6) is 0 Å². The molecule has 0 bridgehead atoms. The lowest BCUT2D eigenvalue weighted by atomic mass is 10.1. The number of ketones is 1. The summed E-state index contributed by atoms with van der Waals surface area (Å²) in [5.74, 6) is 0.186. The second-order valence-corrected chi connectivity index (χ2v) is 6.50. The average molecular weight is 304 g/mol. The van der Waals surface area contributed by atoms with Crippen molar-refractivity contribution in [1.82, 2.24) is 5.32 Å². The third kappa shape index (κ3) is 3.13. The minimum Gasteiger partial charge on any atom is -0.378 e. The van der Waals surface area contributed by atoms with Gasteiger partial charge in [0.15, 0.2) is 5.78 Å². The van der Waals surface area contributed by atoms with Crippen molar-refractivity contribution in [1.29, 1.82) is 0 Å². The van der Waals surface area contributed by atoms with Crippen molar-refractivity contribution in [3.63, 3.8) is 0 Å². The Hall–Kier alpha value is -0.230. The fraction of sp³-hybridized carbons (Fsp3) is 0.545. The van der Waals surface area contributed by atoms with E-state index in [0.29, 0.717) is 19.1 Å². The molecule has 0 amide bonds. The van der Waals surface area contributed by atoms with Crippen molar-refractivity contribution in [2.45, 2.75) is 25.4 Å². The second-order valence-electron chi connectivity index (χ2n) is 4.03. The van der Waals surface area contributed by atoms with Crippen molar-refractivity contribution < 1.29 is 9.53 Å². The highest BCUT2D eigenvalue weighted by Crippen LogP contribution is 2.23. The minimum atomic E-state index is 0.150. The Balaban J connectivity index is 1.92. The van der Waals surface area contributed by atoms with E-state index in [0.717, 1.165) is 15.3 Å². The Morgan fingerprint density at radius 3 is 3.06 bits per heavy atom. The van der Waals surface area contributed by atoms with Gasteiger partial charge in [-0.15, -0.1) is 11.3 Å². The summed E-state index contributed by atoms with van der Waals surface area (Å²) in [6.07, 6.45) is 0.511. The van der Waals surface area contributed by atoms with E-state index in [1.54, 1.807) is 0 Å². The van der Waals surface area contributed by atoms with Crippen LogP contribution >= 0.6 is 27.3 Å². The molecule has 1 saturated heterocycles. The maximum atomic E-state index is 11.9. The molecule has 16 heavy (non-hydrogen) atoms. The lowest BCUT2D eigenvalue weighted by Gasteiger charge is -2.28. The van der Waals surface area contributed by atoms with E-state index in [2.05, 4.69) is 28.2 Å². The Morgan fingerprint density at radius 1 is 1.62 bits per heavy atom. The highest BCUT2D eigenvalue weighted by molar-refractivity contribution is 9.11. The van der Waals surface area contributed by atoms with E-state index >= 15 is 0 Å². The largest absolute Gasteiger partial charge is 0.378 e. The number of ether oxygens (including phenoxy) is 1. The zero-order chi connectivity index (χ0) is 11.5. The predicted molar refractivity (Wildman–Crippen MR) is 68.2 cm³/mol. The van der Waals surface area contributed by atoms with Crippen LogP contribution in [0.2, 0.25) is 0 Å².